The topological polar surface area (TPSA) is 95.9 Å². The number of carbonyl (C=O) groups excluding carboxylic acids is 1. The molecule has 1 amide bonds. The lowest BCUT2D eigenvalue weighted by molar-refractivity contribution is -0.152. The Kier molecular flexibility index (Phi) is 4.19. The summed E-state index contributed by atoms with van der Waals surface area (Å²) in [5, 5.41) is 21.3. The Labute approximate surface area is 105 Å². The number of ether oxygens (including phenoxy) is 1. The second kappa shape index (κ2) is 5.67. The summed E-state index contributed by atoms with van der Waals surface area (Å²) in [5.41, 5.74) is 0. The predicted octanol–water partition coefficient (Wildman–Crippen LogP) is 0.0383. The van der Waals surface area contributed by atoms with Crippen LogP contribution in [-0.2, 0) is 14.3 Å². The lowest BCUT2D eigenvalue weighted by Gasteiger charge is -2.29. The fourth-order valence-electron chi connectivity index (χ4n) is 2.57. The number of nitrogens with one attached hydrogen (secondary N) is 1. The van der Waals surface area contributed by atoms with E-state index in [-0.39, 0.29) is 11.9 Å². The van der Waals surface area contributed by atoms with Gasteiger partial charge in [-0.05, 0) is 25.7 Å². The van der Waals surface area contributed by atoms with E-state index >= 15 is 0 Å². The third-order valence-electron chi connectivity index (χ3n) is 3.64. The van der Waals surface area contributed by atoms with Crippen LogP contribution in [0.4, 0.5) is 0 Å². The minimum absolute atomic E-state index is 0.223. The first-order valence-corrected chi connectivity index (χ1v) is 6.44. The number of aliphatic hydroxyl groups excluding tert-OH is 1. The van der Waals surface area contributed by atoms with Gasteiger partial charge >= 0.3 is 5.97 Å². The fraction of sp³-hybridized carbons (Fsp3) is 0.833. The van der Waals surface area contributed by atoms with Gasteiger partial charge in [-0.25, -0.2) is 4.79 Å². The van der Waals surface area contributed by atoms with Crippen LogP contribution in [-0.4, -0.2) is 46.4 Å². The molecule has 4 atom stereocenters. The van der Waals surface area contributed by atoms with E-state index in [2.05, 4.69) is 5.32 Å². The molecule has 1 aliphatic heterocycles. The molecule has 1 aliphatic carbocycles. The molecule has 1 heterocycles. The summed E-state index contributed by atoms with van der Waals surface area (Å²) in [6.45, 7) is 0. The Hall–Kier alpha value is -1.14. The average molecular weight is 257 g/mol. The summed E-state index contributed by atoms with van der Waals surface area (Å²) in [4.78, 5) is 22.6. The molecule has 102 valence electrons. The summed E-state index contributed by atoms with van der Waals surface area (Å²) in [6.07, 6.45) is 2.15. The standard InChI is InChI=1S/C12H19NO5/c14-8-4-2-1-3-7(8)13-11(15)9-5-6-10(18-9)12(16)17/h7-10,14H,1-6H2,(H,13,15)(H,16,17)/t7-,8-,9-,10+/m0/s1. The Morgan fingerprint density at radius 2 is 1.72 bits per heavy atom. The maximum Gasteiger partial charge on any atom is 0.332 e. The molecule has 1 saturated carbocycles. The monoisotopic (exact) mass is 257 g/mol. The van der Waals surface area contributed by atoms with Crippen molar-refractivity contribution in [3.05, 3.63) is 0 Å². The van der Waals surface area contributed by atoms with Crippen LogP contribution in [0, 0.1) is 0 Å². The van der Waals surface area contributed by atoms with Crippen molar-refractivity contribution in [1.29, 1.82) is 0 Å². The Balaban J connectivity index is 1.83. The van der Waals surface area contributed by atoms with E-state index in [9.17, 15) is 14.7 Å². The average Bonchev–Trinajstić information content (AvgIpc) is 2.81. The van der Waals surface area contributed by atoms with Gasteiger partial charge in [0.25, 0.3) is 0 Å². The van der Waals surface area contributed by atoms with Crippen LogP contribution in [0.3, 0.4) is 0 Å². The van der Waals surface area contributed by atoms with Crippen LogP contribution in [0.15, 0.2) is 0 Å². The summed E-state index contributed by atoms with van der Waals surface area (Å²) in [5.74, 6) is -1.33. The van der Waals surface area contributed by atoms with E-state index < -0.39 is 24.3 Å². The number of hydrogen-bond acceptors (Lipinski definition) is 4. The van der Waals surface area contributed by atoms with Gasteiger partial charge in [0.1, 0.15) is 6.10 Å². The first kappa shape index (κ1) is 13.3. The zero-order chi connectivity index (χ0) is 13.1. The van der Waals surface area contributed by atoms with Crippen molar-refractivity contribution in [2.24, 2.45) is 0 Å². The lowest BCUT2D eigenvalue weighted by Crippen LogP contribution is -2.48. The molecule has 0 bridgehead atoms. The molecule has 6 nitrogen and oxygen atoms in total. The quantitative estimate of drug-likeness (QED) is 0.663. The van der Waals surface area contributed by atoms with E-state index in [1.165, 1.54) is 0 Å². The Morgan fingerprint density at radius 1 is 1.06 bits per heavy atom. The van der Waals surface area contributed by atoms with Crippen molar-refractivity contribution in [1.82, 2.24) is 5.32 Å². The maximum atomic E-state index is 11.9. The van der Waals surface area contributed by atoms with Gasteiger partial charge in [0.05, 0.1) is 12.1 Å². The van der Waals surface area contributed by atoms with E-state index in [0.29, 0.717) is 19.3 Å². The molecular weight excluding hydrogens is 238 g/mol. The number of carboxylic acids is 1. The van der Waals surface area contributed by atoms with Crippen LogP contribution in [0.2, 0.25) is 0 Å². The van der Waals surface area contributed by atoms with Crippen molar-refractivity contribution in [2.45, 2.75) is 62.9 Å². The molecule has 0 aromatic heterocycles. The SMILES string of the molecule is O=C(N[C@H]1CCCC[C@@H]1O)[C@@H]1CC[C@H](C(=O)O)O1. The van der Waals surface area contributed by atoms with Crippen molar-refractivity contribution in [3.8, 4) is 0 Å². The summed E-state index contributed by atoms with van der Waals surface area (Å²) >= 11 is 0. The summed E-state index contributed by atoms with van der Waals surface area (Å²) in [6, 6.07) is -0.223. The van der Waals surface area contributed by atoms with Crippen molar-refractivity contribution >= 4 is 11.9 Å². The minimum Gasteiger partial charge on any atom is -0.479 e. The van der Waals surface area contributed by atoms with Crippen molar-refractivity contribution < 1.29 is 24.5 Å². The zero-order valence-corrected chi connectivity index (χ0v) is 10.2. The number of carbonyl (C=O) groups is 2. The van der Waals surface area contributed by atoms with Crippen LogP contribution in [0.1, 0.15) is 38.5 Å². The first-order chi connectivity index (χ1) is 8.58. The summed E-state index contributed by atoms with van der Waals surface area (Å²) in [7, 11) is 0. The number of rotatable bonds is 3. The first-order valence-electron chi connectivity index (χ1n) is 6.44. The molecule has 2 aliphatic rings. The van der Waals surface area contributed by atoms with Crippen molar-refractivity contribution in [3.63, 3.8) is 0 Å². The number of aliphatic carboxylic acids is 1. The number of amides is 1. The van der Waals surface area contributed by atoms with E-state index in [4.69, 9.17) is 9.84 Å². The molecule has 3 N–H and O–H groups in total. The summed E-state index contributed by atoms with van der Waals surface area (Å²) < 4.78 is 5.17. The van der Waals surface area contributed by atoms with Crippen molar-refractivity contribution in [2.75, 3.05) is 0 Å². The van der Waals surface area contributed by atoms with E-state index in [1.54, 1.807) is 0 Å². The smallest absolute Gasteiger partial charge is 0.332 e. The highest BCUT2D eigenvalue weighted by Gasteiger charge is 2.36. The molecule has 0 unspecified atom stereocenters. The highest BCUT2D eigenvalue weighted by molar-refractivity contribution is 5.82. The molecule has 0 aromatic carbocycles. The molecule has 18 heavy (non-hydrogen) atoms. The predicted molar refractivity (Wildman–Crippen MR) is 61.9 cm³/mol. The Morgan fingerprint density at radius 3 is 2.33 bits per heavy atom. The third-order valence-corrected chi connectivity index (χ3v) is 3.64. The highest BCUT2D eigenvalue weighted by atomic mass is 16.5. The number of aliphatic hydroxyl groups is 1. The van der Waals surface area contributed by atoms with Gasteiger partial charge in [-0.2, -0.15) is 0 Å². The molecule has 6 heteroatoms. The van der Waals surface area contributed by atoms with E-state index in [1.807, 2.05) is 0 Å². The molecule has 0 aromatic rings. The zero-order valence-electron chi connectivity index (χ0n) is 10.2. The maximum absolute atomic E-state index is 11.9. The molecule has 0 spiro atoms. The number of carboxylic acid groups (broad SMARTS) is 1. The van der Waals surface area contributed by atoms with Gasteiger partial charge in [-0.1, -0.05) is 12.8 Å². The normalized spacial score (nSPS) is 36.3. The minimum atomic E-state index is -1.02. The van der Waals surface area contributed by atoms with Crippen LogP contribution in [0.25, 0.3) is 0 Å². The molecule has 2 rings (SSSR count). The van der Waals surface area contributed by atoms with Crippen LogP contribution in [0.5, 0.6) is 0 Å². The van der Waals surface area contributed by atoms with Crippen LogP contribution < -0.4 is 5.32 Å². The fourth-order valence-corrected chi connectivity index (χ4v) is 2.57. The van der Waals surface area contributed by atoms with Gasteiger partial charge in [0.15, 0.2) is 6.10 Å². The number of hydrogen-bond donors (Lipinski definition) is 3. The molecule has 0 radical (unpaired) electrons. The van der Waals surface area contributed by atoms with E-state index in [0.717, 1.165) is 19.3 Å². The highest BCUT2D eigenvalue weighted by Crippen LogP contribution is 2.22. The lowest BCUT2D eigenvalue weighted by atomic mass is 9.92. The largest absolute Gasteiger partial charge is 0.479 e. The van der Waals surface area contributed by atoms with Gasteiger partial charge in [0.2, 0.25) is 5.91 Å². The third kappa shape index (κ3) is 3.00. The van der Waals surface area contributed by atoms with Gasteiger partial charge in [0, 0.05) is 0 Å². The van der Waals surface area contributed by atoms with Crippen LogP contribution >= 0.6 is 0 Å². The second-order valence-electron chi connectivity index (χ2n) is 5.00. The van der Waals surface area contributed by atoms with Gasteiger partial charge in [-0.15, -0.1) is 0 Å². The molecule has 1 saturated heterocycles. The van der Waals surface area contributed by atoms with Gasteiger partial charge < -0.3 is 20.3 Å². The molecular formula is C12H19NO5. The second-order valence-corrected chi connectivity index (χ2v) is 5.00. The molecule has 2 fully saturated rings. The van der Waals surface area contributed by atoms with Gasteiger partial charge in [-0.3, -0.25) is 4.79 Å². The Bertz CT molecular complexity index is 332.